The first-order valence-corrected chi connectivity index (χ1v) is 4.36. The summed E-state index contributed by atoms with van der Waals surface area (Å²) in [5.74, 6) is -4.28. The van der Waals surface area contributed by atoms with Crippen molar-refractivity contribution in [2.45, 2.75) is 38.5 Å². The predicted octanol–water partition coefficient (Wildman–Crippen LogP) is -3.84. The monoisotopic (exact) mass is 229 g/mol. The number of hydrogen-bond acceptors (Lipinski definition) is 4. The Labute approximate surface area is 90.6 Å². The van der Waals surface area contributed by atoms with Crippen molar-refractivity contribution in [3.05, 3.63) is 0 Å². The number of nitrogens with zero attached hydrogens (tertiary/aromatic N) is 1. The third-order valence-corrected chi connectivity index (χ3v) is 2.74. The summed E-state index contributed by atoms with van der Waals surface area (Å²) in [5.41, 5.74) is 0. The Kier molecular flexibility index (Phi) is 5.59. The first-order valence-electron chi connectivity index (χ1n) is 4.36. The normalized spacial score (nSPS) is 13.7. The van der Waals surface area contributed by atoms with Crippen molar-refractivity contribution in [1.82, 2.24) is 0 Å². The standard InChI is InChI=1S/C8H20NO4.ClH/c1-5-7(10,11)9(3,4)8(12,13)6-2;/h10-13H,5-6H2,1-4H3;1H/q+1;/p-1. The Morgan fingerprint density at radius 2 is 1.07 bits per heavy atom. The minimum Gasteiger partial charge on any atom is -1.00 e. The lowest BCUT2D eigenvalue weighted by atomic mass is 10.2. The van der Waals surface area contributed by atoms with Crippen LogP contribution < -0.4 is 12.4 Å². The lowest BCUT2D eigenvalue weighted by Crippen LogP contribution is -3.00. The van der Waals surface area contributed by atoms with Crippen molar-refractivity contribution in [2.24, 2.45) is 0 Å². The Balaban J connectivity index is 0. The highest BCUT2D eigenvalue weighted by atomic mass is 35.5. The molecule has 0 aromatic heterocycles. The summed E-state index contributed by atoms with van der Waals surface area (Å²) in [4.78, 5) is 0. The van der Waals surface area contributed by atoms with Gasteiger partial charge in [0.15, 0.2) is 0 Å². The predicted molar refractivity (Wildman–Crippen MR) is 47.0 cm³/mol. The topological polar surface area (TPSA) is 80.9 Å². The molecule has 0 bridgehead atoms. The summed E-state index contributed by atoms with van der Waals surface area (Å²) in [7, 11) is 2.71. The molecule has 0 saturated carbocycles. The van der Waals surface area contributed by atoms with Gasteiger partial charge in [-0.05, 0) is 0 Å². The molecule has 0 aliphatic rings. The van der Waals surface area contributed by atoms with Crippen LogP contribution in [-0.4, -0.2) is 50.8 Å². The Morgan fingerprint density at radius 3 is 1.21 bits per heavy atom. The highest BCUT2D eigenvalue weighted by molar-refractivity contribution is 4.55. The SMILES string of the molecule is CCC(O)(O)[N+](C)(C)C(O)(O)CC.[Cl-]. The van der Waals surface area contributed by atoms with E-state index in [-0.39, 0.29) is 25.2 Å². The molecule has 0 radical (unpaired) electrons. The van der Waals surface area contributed by atoms with E-state index in [1.807, 2.05) is 0 Å². The first-order chi connectivity index (χ1) is 5.62. The van der Waals surface area contributed by atoms with Crippen molar-refractivity contribution in [1.29, 1.82) is 0 Å². The molecule has 0 aromatic rings. The second-order valence-corrected chi connectivity index (χ2v) is 3.71. The van der Waals surface area contributed by atoms with E-state index in [0.717, 1.165) is 0 Å². The van der Waals surface area contributed by atoms with Crippen molar-refractivity contribution in [3.8, 4) is 0 Å². The van der Waals surface area contributed by atoms with Gasteiger partial charge in [-0.15, -0.1) is 0 Å². The van der Waals surface area contributed by atoms with Gasteiger partial charge < -0.3 is 32.8 Å². The smallest absolute Gasteiger partial charge is 0.317 e. The number of aliphatic hydroxyl groups is 4. The van der Waals surface area contributed by atoms with E-state index in [0.29, 0.717) is 0 Å². The van der Waals surface area contributed by atoms with Crippen LogP contribution in [0.4, 0.5) is 0 Å². The number of rotatable bonds is 4. The molecule has 4 N–H and O–H groups in total. The maximum absolute atomic E-state index is 9.53. The lowest BCUT2D eigenvalue weighted by Gasteiger charge is -2.46. The molecule has 0 rings (SSSR count). The molecule has 0 fully saturated rings. The van der Waals surface area contributed by atoms with Gasteiger partial charge in [0, 0.05) is 0 Å². The molecular formula is C8H20ClNO4. The minimum absolute atomic E-state index is 0. The van der Waals surface area contributed by atoms with Crippen LogP contribution in [0.5, 0.6) is 0 Å². The molecule has 6 heteroatoms. The fourth-order valence-electron chi connectivity index (χ4n) is 1.08. The Morgan fingerprint density at radius 1 is 0.857 bits per heavy atom. The van der Waals surface area contributed by atoms with E-state index in [1.54, 1.807) is 13.8 Å². The average Bonchev–Trinajstić information content (AvgIpc) is 2.03. The third kappa shape index (κ3) is 2.56. The Hall–Kier alpha value is 0.0900. The summed E-state index contributed by atoms with van der Waals surface area (Å²) in [5, 5.41) is 38.1. The molecule has 0 aliphatic carbocycles. The van der Waals surface area contributed by atoms with Crippen molar-refractivity contribution in [3.63, 3.8) is 0 Å². The fourth-order valence-corrected chi connectivity index (χ4v) is 1.08. The third-order valence-electron chi connectivity index (χ3n) is 2.74. The Bertz CT molecular complexity index is 164. The molecule has 0 aromatic carbocycles. The van der Waals surface area contributed by atoms with E-state index in [2.05, 4.69) is 0 Å². The van der Waals surface area contributed by atoms with Gasteiger partial charge in [-0.2, -0.15) is 0 Å². The second kappa shape index (κ2) is 4.74. The number of quaternary nitrogens is 1. The average molecular weight is 230 g/mol. The highest BCUT2D eigenvalue weighted by Gasteiger charge is 2.54. The van der Waals surface area contributed by atoms with E-state index in [4.69, 9.17) is 0 Å². The zero-order chi connectivity index (χ0) is 10.9. The van der Waals surface area contributed by atoms with Crippen LogP contribution in [0.1, 0.15) is 26.7 Å². The van der Waals surface area contributed by atoms with E-state index < -0.39 is 16.3 Å². The van der Waals surface area contributed by atoms with Crippen LogP contribution >= 0.6 is 0 Å². The van der Waals surface area contributed by atoms with Crippen LogP contribution in [-0.2, 0) is 0 Å². The molecular weight excluding hydrogens is 210 g/mol. The molecule has 5 nitrogen and oxygen atoms in total. The summed E-state index contributed by atoms with van der Waals surface area (Å²) in [6, 6.07) is 0. The lowest BCUT2D eigenvalue weighted by molar-refractivity contribution is -1.08. The molecule has 14 heavy (non-hydrogen) atoms. The van der Waals surface area contributed by atoms with Crippen LogP contribution in [0.15, 0.2) is 0 Å². The molecule has 0 saturated heterocycles. The second-order valence-electron chi connectivity index (χ2n) is 3.71. The van der Waals surface area contributed by atoms with Crippen LogP contribution in [0.25, 0.3) is 0 Å². The van der Waals surface area contributed by atoms with Crippen LogP contribution in [0, 0.1) is 0 Å². The molecule has 0 unspecified atom stereocenters. The summed E-state index contributed by atoms with van der Waals surface area (Å²) in [6.45, 7) is 3.12. The molecule has 88 valence electrons. The van der Waals surface area contributed by atoms with E-state index in [1.165, 1.54) is 14.1 Å². The van der Waals surface area contributed by atoms with Gasteiger partial charge in [-0.25, -0.2) is 4.48 Å². The van der Waals surface area contributed by atoms with Crippen molar-refractivity contribution in [2.75, 3.05) is 14.1 Å². The van der Waals surface area contributed by atoms with Crippen molar-refractivity contribution < 1.29 is 37.3 Å². The van der Waals surface area contributed by atoms with Gasteiger partial charge in [-0.1, -0.05) is 13.8 Å². The summed E-state index contributed by atoms with van der Waals surface area (Å²) < 4.78 is -0.688. The maximum atomic E-state index is 9.53. The van der Waals surface area contributed by atoms with Gasteiger partial charge in [0.1, 0.15) is 0 Å². The fraction of sp³-hybridized carbons (Fsp3) is 1.00. The van der Waals surface area contributed by atoms with Crippen molar-refractivity contribution >= 4 is 0 Å². The summed E-state index contributed by atoms with van der Waals surface area (Å²) in [6.07, 6.45) is 0.0335. The van der Waals surface area contributed by atoms with Gasteiger partial charge in [0.05, 0.1) is 26.9 Å². The van der Waals surface area contributed by atoms with Gasteiger partial charge in [0.2, 0.25) is 0 Å². The van der Waals surface area contributed by atoms with E-state index >= 15 is 0 Å². The highest BCUT2D eigenvalue weighted by Crippen LogP contribution is 2.29. The molecule has 0 atom stereocenters. The number of hydrogen-bond donors (Lipinski definition) is 4. The quantitative estimate of drug-likeness (QED) is 0.294. The van der Waals surface area contributed by atoms with Gasteiger partial charge in [0.25, 0.3) is 0 Å². The minimum atomic E-state index is -2.14. The van der Waals surface area contributed by atoms with E-state index in [9.17, 15) is 20.4 Å². The van der Waals surface area contributed by atoms with Crippen LogP contribution in [0.2, 0.25) is 0 Å². The molecule has 0 aliphatic heterocycles. The summed E-state index contributed by atoms with van der Waals surface area (Å²) >= 11 is 0. The molecule has 0 spiro atoms. The maximum Gasteiger partial charge on any atom is 0.317 e. The van der Waals surface area contributed by atoms with Crippen LogP contribution in [0.3, 0.4) is 0 Å². The first kappa shape index (κ1) is 16.5. The molecule has 0 amide bonds. The van der Waals surface area contributed by atoms with Gasteiger partial charge >= 0.3 is 11.8 Å². The largest absolute Gasteiger partial charge is 1.00 e. The zero-order valence-corrected chi connectivity index (χ0v) is 9.78. The number of halogens is 1. The molecule has 0 heterocycles. The zero-order valence-electron chi connectivity index (χ0n) is 9.03. The van der Waals surface area contributed by atoms with Gasteiger partial charge in [-0.3, -0.25) is 0 Å².